The van der Waals surface area contributed by atoms with Gasteiger partial charge in [0.25, 0.3) is 0 Å². The highest BCUT2D eigenvalue weighted by Gasteiger charge is 2.01. The summed E-state index contributed by atoms with van der Waals surface area (Å²) in [4.78, 5) is 0. The van der Waals surface area contributed by atoms with Crippen molar-refractivity contribution in [2.45, 2.75) is 18.7 Å². The maximum atomic E-state index is 13.2. The molecule has 0 amide bonds. The van der Waals surface area contributed by atoms with Crippen LogP contribution in [0.4, 0.5) is 4.39 Å². The van der Waals surface area contributed by atoms with Crippen LogP contribution in [0, 0.1) is 5.82 Å². The van der Waals surface area contributed by atoms with Crippen LogP contribution in [0.5, 0.6) is 0 Å². The normalized spacial score (nSPS) is 10.7. The molecular formula is C12H18FNOS. The summed E-state index contributed by atoms with van der Waals surface area (Å²) < 4.78 is 18.1. The van der Waals surface area contributed by atoms with Crippen LogP contribution in [0.1, 0.15) is 17.5 Å². The number of nitrogens with two attached hydrogens (primary N) is 1. The van der Waals surface area contributed by atoms with E-state index in [2.05, 4.69) is 0 Å². The third-order valence-corrected chi connectivity index (χ3v) is 3.35. The quantitative estimate of drug-likeness (QED) is 0.747. The standard InChI is InChI=1S/C12H18FNOS/c1-15-5-2-6-16-9-10-3-4-12(13)11(7-10)8-14/h3-4,7H,2,5-6,8-9,14H2,1H3. The van der Waals surface area contributed by atoms with E-state index in [1.165, 1.54) is 6.07 Å². The van der Waals surface area contributed by atoms with Gasteiger partial charge in [-0.05, 0) is 23.8 Å². The van der Waals surface area contributed by atoms with Gasteiger partial charge in [0.15, 0.2) is 0 Å². The lowest BCUT2D eigenvalue weighted by molar-refractivity contribution is 0.200. The Kier molecular flexibility index (Phi) is 6.45. The summed E-state index contributed by atoms with van der Waals surface area (Å²) in [5, 5.41) is 0. The van der Waals surface area contributed by atoms with Gasteiger partial charge in [-0.25, -0.2) is 4.39 Å². The highest BCUT2D eigenvalue weighted by molar-refractivity contribution is 7.98. The van der Waals surface area contributed by atoms with Gasteiger partial charge in [-0.15, -0.1) is 0 Å². The molecule has 0 aliphatic rings. The van der Waals surface area contributed by atoms with Crippen molar-refractivity contribution in [1.29, 1.82) is 0 Å². The van der Waals surface area contributed by atoms with Gasteiger partial charge in [0.1, 0.15) is 5.82 Å². The molecule has 90 valence electrons. The van der Waals surface area contributed by atoms with Gasteiger partial charge in [0, 0.05) is 31.6 Å². The molecule has 0 atom stereocenters. The average Bonchev–Trinajstić information content (AvgIpc) is 2.31. The van der Waals surface area contributed by atoms with E-state index in [1.807, 2.05) is 23.9 Å². The fourth-order valence-corrected chi connectivity index (χ4v) is 2.25. The van der Waals surface area contributed by atoms with Crippen molar-refractivity contribution in [3.8, 4) is 0 Å². The summed E-state index contributed by atoms with van der Waals surface area (Å²) >= 11 is 1.83. The summed E-state index contributed by atoms with van der Waals surface area (Å²) in [6.07, 6.45) is 1.05. The number of hydrogen-bond donors (Lipinski definition) is 1. The SMILES string of the molecule is COCCCSCc1ccc(F)c(CN)c1. The third-order valence-electron chi connectivity index (χ3n) is 2.24. The van der Waals surface area contributed by atoms with Crippen LogP contribution < -0.4 is 5.73 Å². The van der Waals surface area contributed by atoms with Crippen molar-refractivity contribution in [1.82, 2.24) is 0 Å². The van der Waals surface area contributed by atoms with Crippen molar-refractivity contribution in [3.63, 3.8) is 0 Å². The molecule has 0 heterocycles. The monoisotopic (exact) mass is 243 g/mol. The van der Waals surface area contributed by atoms with Crippen LogP contribution in [0.3, 0.4) is 0 Å². The lowest BCUT2D eigenvalue weighted by atomic mass is 10.1. The van der Waals surface area contributed by atoms with Crippen LogP contribution in [0.2, 0.25) is 0 Å². The Morgan fingerprint density at radius 2 is 2.25 bits per heavy atom. The molecule has 1 aromatic carbocycles. The molecule has 2 nitrogen and oxygen atoms in total. The number of thioether (sulfide) groups is 1. The van der Waals surface area contributed by atoms with E-state index in [9.17, 15) is 4.39 Å². The van der Waals surface area contributed by atoms with Gasteiger partial charge in [0.05, 0.1) is 0 Å². The van der Waals surface area contributed by atoms with Crippen molar-refractivity contribution in [2.75, 3.05) is 19.5 Å². The molecule has 0 fully saturated rings. The van der Waals surface area contributed by atoms with Gasteiger partial charge in [0.2, 0.25) is 0 Å². The minimum Gasteiger partial charge on any atom is -0.385 e. The van der Waals surface area contributed by atoms with Gasteiger partial charge in [-0.2, -0.15) is 11.8 Å². The Hall–Kier alpha value is -0.580. The first-order valence-corrected chi connectivity index (χ1v) is 6.47. The molecule has 0 aliphatic carbocycles. The molecule has 0 saturated carbocycles. The molecule has 0 spiro atoms. The third kappa shape index (κ3) is 4.51. The molecule has 0 aromatic heterocycles. The first kappa shape index (κ1) is 13.5. The molecule has 0 aliphatic heterocycles. The van der Waals surface area contributed by atoms with Crippen molar-refractivity contribution < 1.29 is 9.13 Å². The number of methoxy groups -OCH3 is 1. The highest BCUT2D eigenvalue weighted by Crippen LogP contribution is 2.16. The van der Waals surface area contributed by atoms with Crippen molar-refractivity contribution in [2.24, 2.45) is 5.73 Å². The molecule has 1 rings (SSSR count). The van der Waals surface area contributed by atoms with E-state index in [0.717, 1.165) is 30.1 Å². The number of ether oxygens (including phenoxy) is 1. The van der Waals surface area contributed by atoms with E-state index in [0.29, 0.717) is 5.56 Å². The first-order valence-electron chi connectivity index (χ1n) is 5.32. The number of benzene rings is 1. The average molecular weight is 243 g/mol. The Morgan fingerprint density at radius 3 is 2.94 bits per heavy atom. The fourth-order valence-electron chi connectivity index (χ4n) is 1.37. The number of halogens is 1. The minimum atomic E-state index is -0.212. The maximum absolute atomic E-state index is 13.2. The Labute approximate surface area is 100 Å². The zero-order chi connectivity index (χ0) is 11.8. The summed E-state index contributed by atoms with van der Waals surface area (Å²) in [5.41, 5.74) is 7.17. The fraction of sp³-hybridized carbons (Fsp3) is 0.500. The highest BCUT2D eigenvalue weighted by atomic mass is 32.2. The summed E-state index contributed by atoms with van der Waals surface area (Å²) in [5.74, 6) is 1.75. The summed E-state index contributed by atoms with van der Waals surface area (Å²) in [6.45, 7) is 1.05. The molecule has 0 radical (unpaired) electrons. The topological polar surface area (TPSA) is 35.2 Å². The molecule has 2 N–H and O–H groups in total. The molecule has 16 heavy (non-hydrogen) atoms. The summed E-state index contributed by atoms with van der Waals surface area (Å²) in [7, 11) is 1.71. The van der Waals surface area contributed by atoms with E-state index in [1.54, 1.807) is 7.11 Å². The first-order chi connectivity index (χ1) is 7.77. The molecule has 0 saturated heterocycles. The van der Waals surface area contributed by atoms with E-state index in [4.69, 9.17) is 10.5 Å². The van der Waals surface area contributed by atoms with Gasteiger partial charge in [-0.3, -0.25) is 0 Å². The maximum Gasteiger partial charge on any atom is 0.127 e. The molecular weight excluding hydrogens is 225 g/mol. The second kappa shape index (κ2) is 7.65. The van der Waals surface area contributed by atoms with Crippen LogP contribution in [-0.4, -0.2) is 19.5 Å². The molecule has 4 heteroatoms. The van der Waals surface area contributed by atoms with Crippen molar-refractivity contribution in [3.05, 3.63) is 35.1 Å². The Balaban J connectivity index is 2.36. The van der Waals surface area contributed by atoms with Gasteiger partial charge >= 0.3 is 0 Å². The lowest BCUT2D eigenvalue weighted by Crippen LogP contribution is -2.00. The zero-order valence-corrected chi connectivity index (χ0v) is 10.4. The van der Waals surface area contributed by atoms with Crippen LogP contribution in [0.15, 0.2) is 18.2 Å². The predicted molar refractivity (Wildman–Crippen MR) is 66.9 cm³/mol. The summed E-state index contributed by atoms with van der Waals surface area (Å²) in [6, 6.07) is 5.16. The Bertz CT molecular complexity index is 320. The van der Waals surface area contributed by atoms with E-state index >= 15 is 0 Å². The van der Waals surface area contributed by atoms with Crippen LogP contribution in [-0.2, 0) is 17.0 Å². The van der Waals surface area contributed by atoms with E-state index < -0.39 is 0 Å². The smallest absolute Gasteiger partial charge is 0.127 e. The number of hydrogen-bond acceptors (Lipinski definition) is 3. The molecule has 0 bridgehead atoms. The second-order valence-electron chi connectivity index (χ2n) is 3.53. The second-order valence-corrected chi connectivity index (χ2v) is 4.63. The van der Waals surface area contributed by atoms with Gasteiger partial charge in [-0.1, -0.05) is 12.1 Å². The minimum absolute atomic E-state index is 0.212. The number of rotatable bonds is 7. The van der Waals surface area contributed by atoms with E-state index in [-0.39, 0.29) is 12.4 Å². The van der Waals surface area contributed by atoms with Crippen molar-refractivity contribution >= 4 is 11.8 Å². The largest absolute Gasteiger partial charge is 0.385 e. The lowest BCUT2D eigenvalue weighted by Gasteiger charge is -2.05. The van der Waals surface area contributed by atoms with Crippen LogP contribution >= 0.6 is 11.8 Å². The molecule has 0 unspecified atom stereocenters. The Morgan fingerprint density at radius 1 is 1.44 bits per heavy atom. The van der Waals surface area contributed by atoms with Crippen LogP contribution in [0.25, 0.3) is 0 Å². The predicted octanol–water partition coefficient (Wildman–Crippen LogP) is 2.55. The van der Waals surface area contributed by atoms with Gasteiger partial charge < -0.3 is 10.5 Å². The molecule has 1 aromatic rings. The zero-order valence-electron chi connectivity index (χ0n) is 9.54.